The normalized spacial score (nSPS) is 10.1. The lowest BCUT2D eigenvalue weighted by atomic mass is 10.3. The summed E-state index contributed by atoms with van der Waals surface area (Å²) in [7, 11) is 0. The van der Waals surface area contributed by atoms with Crippen molar-refractivity contribution in [2.75, 3.05) is 5.73 Å². The molecule has 0 saturated carbocycles. The Morgan fingerprint density at radius 2 is 2.06 bits per heavy atom. The van der Waals surface area contributed by atoms with E-state index in [4.69, 9.17) is 11.0 Å². The third-order valence-corrected chi connectivity index (χ3v) is 2.11. The van der Waals surface area contributed by atoms with E-state index in [1.54, 1.807) is 23.7 Å². The molecule has 0 unspecified atom stereocenters. The van der Waals surface area contributed by atoms with Crippen molar-refractivity contribution in [3.8, 4) is 11.9 Å². The molecule has 16 heavy (non-hydrogen) atoms. The van der Waals surface area contributed by atoms with Crippen LogP contribution >= 0.6 is 0 Å². The molecule has 0 atom stereocenters. The highest BCUT2D eigenvalue weighted by molar-refractivity contribution is 5.51. The first-order chi connectivity index (χ1) is 7.61. The smallest absolute Gasteiger partial charge is 0.165 e. The van der Waals surface area contributed by atoms with E-state index < -0.39 is 0 Å². The van der Waals surface area contributed by atoms with Crippen molar-refractivity contribution in [1.29, 1.82) is 5.26 Å². The summed E-state index contributed by atoms with van der Waals surface area (Å²) in [6.45, 7) is 3.62. The average molecular weight is 214 g/mol. The molecule has 0 aliphatic carbocycles. The molecule has 0 saturated heterocycles. The lowest BCUT2D eigenvalue weighted by molar-refractivity contribution is 0.802. The SMILES string of the molecule is Cc1nc(C)n(-c2ccc(N)c(C#N)n2)n1. The second-order valence-corrected chi connectivity index (χ2v) is 3.34. The van der Waals surface area contributed by atoms with Crippen LogP contribution in [0.2, 0.25) is 0 Å². The number of nitriles is 1. The molecular formula is C10H10N6. The summed E-state index contributed by atoms with van der Waals surface area (Å²) in [6, 6.07) is 5.28. The van der Waals surface area contributed by atoms with Crippen molar-refractivity contribution in [3.63, 3.8) is 0 Å². The number of nitrogens with two attached hydrogens (primary N) is 1. The zero-order valence-corrected chi connectivity index (χ0v) is 8.97. The standard InChI is InChI=1S/C10H10N6/c1-6-13-7(2)16(15-6)10-4-3-8(12)9(5-11)14-10/h3-4H,12H2,1-2H3. The van der Waals surface area contributed by atoms with Gasteiger partial charge in [0.25, 0.3) is 0 Å². The maximum Gasteiger partial charge on any atom is 0.165 e. The van der Waals surface area contributed by atoms with Gasteiger partial charge in [0.1, 0.15) is 17.7 Å². The first-order valence-electron chi connectivity index (χ1n) is 4.69. The monoisotopic (exact) mass is 214 g/mol. The van der Waals surface area contributed by atoms with Gasteiger partial charge in [0.05, 0.1) is 5.69 Å². The Kier molecular flexibility index (Phi) is 2.29. The third-order valence-electron chi connectivity index (χ3n) is 2.11. The van der Waals surface area contributed by atoms with Gasteiger partial charge in [0, 0.05) is 0 Å². The maximum atomic E-state index is 8.83. The van der Waals surface area contributed by atoms with Gasteiger partial charge in [-0.2, -0.15) is 9.94 Å². The van der Waals surface area contributed by atoms with Gasteiger partial charge in [-0.05, 0) is 26.0 Å². The fourth-order valence-corrected chi connectivity index (χ4v) is 1.41. The van der Waals surface area contributed by atoms with Gasteiger partial charge in [0.2, 0.25) is 0 Å². The molecule has 0 bridgehead atoms. The molecule has 6 nitrogen and oxygen atoms in total. The minimum absolute atomic E-state index is 0.199. The Morgan fingerprint density at radius 3 is 2.62 bits per heavy atom. The van der Waals surface area contributed by atoms with Gasteiger partial charge in [-0.3, -0.25) is 0 Å². The minimum atomic E-state index is 0.199. The second kappa shape index (κ2) is 3.62. The number of hydrogen-bond acceptors (Lipinski definition) is 5. The van der Waals surface area contributed by atoms with Gasteiger partial charge in [0.15, 0.2) is 11.5 Å². The maximum absolute atomic E-state index is 8.83. The molecule has 80 valence electrons. The lowest BCUT2D eigenvalue weighted by Gasteiger charge is -2.03. The number of pyridine rings is 1. The number of aryl methyl sites for hydroxylation is 2. The van der Waals surface area contributed by atoms with Crippen LogP contribution in [0.3, 0.4) is 0 Å². The van der Waals surface area contributed by atoms with Crippen molar-refractivity contribution in [3.05, 3.63) is 29.5 Å². The minimum Gasteiger partial charge on any atom is -0.396 e. The van der Waals surface area contributed by atoms with E-state index in [0.717, 1.165) is 5.82 Å². The van der Waals surface area contributed by atoms with Crippen molar-refractivity contribution in [1.82, 2.24) is 19.7 Å². The number of nitrogen functional groups attached to an aromatic ring is 1. The largest absolute Gasteiger partial charge is 0.396 e. The lowest BCUT2D eigenvalue weighted by Crippen LogP contribution is -2.05. The van der Waals surface area contributed by atoms with Crippen LogP contribution in [0.4, 0.5) is 5.69 Å². The van der Waals surface area contributed by atoms with Crippen molar-refractivity contribution >= 4 is 5.69 Å². The number of hydrogen-bond donors (Lipinski definition) is 1. The van der Waals surface area contributed by atoms with Crippen LogP contribution in [0.5, 0.6) is 0 Å². The van der Waals surface area contributed by atoms with E-state index in [1.165, 1.54) is 0 Å². The van der Waals surface area contributed by atoms with Gasteiger partial charge in [-0.1, -0.05) is 0 Å². The van der Waals surface area contributed by atoms with E-state index >= 15 is 0 Å². The Morgan fingerprint density at radius 1 is 1.31 bits per heavy atom. The fraction of sp³-hybridized carbons (Fsp3) is 0.200. The van der Waals surface area contributed by atoms with Crippen LogP contribution in [0.25, 0.3) is 5.82 Å². The molecule has 2 rings (SSSR count). The topological polar surface area (TPSA) is 93.4 Å². The molecule has 0 amide bonds. The first-order valence-corrected chi connectivity index (χ1v) is 4.69. The fourth-order valence-electron chi connectivity index (χ4n) is 1.41. The van der Waals surface area contributed by atoms with Crippen molar-refractivity contribution in [2.24, 2.45) is 0 Å². The quantitative estimate of drug-likeness (QED) is 0.755. The Bertz CT molecular complexity index is 577. The summed E-state index contributed by atoms with van der Waals surface area (Å²) in [5.41, 5.74) is 6.15. The number of anilines is 1. The molecule has 2 aromatic rings. The molecule has 2 heterocycles. The van der Waals surface area contributed by atoms with E-state index in [2.05, 4.69) is 15.1 Å². The predicted molar refractivity (Wildman–Crippen MR) is 57.8 cm³/mol. The molecule has 6 heteroatoms. The van der Waals surface area contributed by atoms with Crippen LogP contribution in [-0.2, 0) is 0 Å². The third kappa shape index (κ3) is 1.59. The number of rotatable bonds is 1. The highest BCUT2D eigenvalue weighted by Crippen LogP contribution is 2.12. The Balaban J connectivity index is 2.58. The molecule has 2 aromatic heterocycles. The van der Waals surface area contributed by atoms with Crippen LogP contribution < -0.4 is 5.73 Å². The van der Waals surface area contributed by atoms with Gasteiger partial charge in [-0.25, -0.2) is 9.97 Å². The molecule has 0 aromatic carbocycles. The zero-order valence-electron chi connectivity index (χ0n) is 8.97. The van der Waals surface area contributed by atoms with E-state index in [9.17, 15) is 0 Å². The van der Waals surface area contributed by atoms with Gasteiger partial charge in [-0.15, -0.1) is 5.10 Å². The summed E-state index contributed by atoms with van der Waals surface area (Å²) >= 11 is 0. The Labute approximate surface area is 92.4 Å². The van der Waals surface area contributed by atoms with E-state index in [0.29, 0.717) is 17.3 Å². The molecule has 0 aliphatic heterocycles. The zero-order chi connectivity index (χ0) is 11.7. The summed E-state index contributed by atoms with van der Waals surface area (Å²) in [5, 5.41) is 13.0. The highest BCUT2D eigenvalue weighted by Gasteiger charge is 2.08. The molecule has 0 radical (unpaired) electrons. The summed E-state index contributed by atoms with van der Waals surface area (Å²) in [6.07, 6.45) is 0. The average Bonchev–Trinajstić information content (AvgIpc) is 2.59. The molecular weight excluding hydrogens is 204 g/mol. The van der Waals surface area contributed by atoms with Crippen LogP contribution in [0.1, 0.15) is 17.3 Å². The molecule has 0 aliphatic rings. The van der Waals surface area contributed by atoms with Crippen LogP contribution in [-0.4, -0.2) is 19.7 Å². The predicted octanol–water partition coefficient (Wildman–Crippen LogP) is 0.733. The van der Waals surface area contributed by atoms with E-state index in [-0.39, 0.29) is 5.69 Å². The number of aromatic nitrogens is 4. The Hall–Kier alpha value is -2.42. The van der Waals surface area contributed by atoms with Gasteiger partial charge < -0.3 is 5.73 Å². The molecule has 0 fully saturated rings. The second-order valence-electron chi connectivity index (χ2n) is 3.34. The van der Waals surface area contributed by atoms with Crippen LogP contribution in [0, 0.1) is 25.2 Å². The van der Waals surface area contributed by atoms with Crippen LogP contribution in [0.15, 0.2) is 12.1 Å². The highest BCUT2D eigenvalue weighted by atomic mass is 15.4. The molecule has 2 N–H and O–H groups in total. The number of nitrogens with zero attached hydrogens (tertiary/aromatic N) is 5. The van der Waals surface area contributed by atoms with Crippen molar-refractivity contribution in [2.45, 2.75) is 13.8 Å². The summed E-state index contributed by atoms with van der Waals surface area (Å²) < 4.78 is 1.58. The summed E-state index contributed by atoms with van der Waals surface area (Å²) in [5.74, 6) is 1.93. The van der Waals surface area contributed by atoms with Gasteiger partial charge >= 0.3 is 0 Å². The first kappa shape index (κ1) is 10.1. The summed E-state index contributed by atoms with van der Waals surface area (Å²) in [4.78, 5) is 8.27. The van der Waals surface area contributed by atoms with E-state index in [1.807, 2.05) is 13.0 Å². The van der Waals surface area contributed by atoms with Crippen molar-refractivity contribution < 1.29 is 0 Å². The molecule has 0 spiro atoms.